The van der Waals surface area contributed by atoms with E-state index in [0.717, 1.165) is 47.4 Å². The van der Waals surface area contributed by atoms with E-state index in [-0.39, 0.29) is 67.2 Å². The second-order valence-corrected chi connectivity index (χ2v) is 20.1. The number of hydrogen-bond donors (Lipinski definition) is 2. The second kappa shape index (κ2) is 25.3. The van der Waals surface area contributed by atoms with E-state index in [1.54, 1.807) is 53.6 Å². The number of carbonyl (C=O) groups is 6. The molecule has 19 heteroatoms. The maximum Gasteiger partial charge on any atom is 0.260 e. The summed E-state index contributed by atoms with van der Waals surface area (Å²) in [5, 5.41) is 5.91. The van der Waals surface area contributed by atoms with Crippen molar-refractivity contribution in [2.24, 2.45) is 9.98 Å². The van der Waals surface area contributed by atoms with Crippen molar-refractivity contribution in [3.63, 3.8) is 0 Å². The Morgan fingerprint density at radius 3 is 1.71 bits per heavy atom. The number of carbonyl (C=O) groups excluding carboxylic acids is 6. The van der Waals surface area contributed by atoms with E-state index in [0.29, 0.717) is 103 Å². The number of ether oxygens (including phenoxy) is 5. The molecule has 1 unspecified atom stereocenters. The van der Waals surface area contributed by atoms with Gasteiger partial charge in [-0.25, -0.2) is 0 Å². The summed E-state index contributed by atoms with van der Waals surface area (Å²) in [4.78, 5) is 94.5. The topological polar surface area (TPSA) is 210 Å². The fourth-order valence-corrected chi connectivity index (χ4v) is 10.1. The van der Waals surface area contributed by atoms with Gasteiger partial charge in [-0.05, 0) is 111 Å². The first-order valence-electron chi connectivity index (χ1n) is 26.7. The molecule has 3 atom stereocenters. The summed E-state index contributed by atoms with van der Waals surface area (Å²) in [7, 11) is 8.65. The summed E-state index contributed by atoms with van der Waals surface area (Å²) < 4.78 is 29.0. The van der Waals surface area contributed by atoms with Gasteiger partial charge >= 0.3 is 0 Å². The van der Waals surface area contributed by atoms with Crippen LogP contribution in [0.25, 0.3) is 11.1 Å². The highest BCUT2D eigenvalue weighted by atomic mass is 16.5. The number of imide groups is 1. The summed E-state index contributed by atoms with van der Waals surface area (Å²) in [6.07, 6.45) is 15.5. The third-order valence-corrected chi connectivity index (χ3v) is 14.4. The van der Waals surface area contributed by atoms with Crippen LogP contribution in [-0.4, -0.2) is 147 Å². The number of aliphatic imine (C=N–C) groups is 2. The van der Waals surface area contributed by atoms with Gasteiger partial charge < -0.3 is 49.0 Å². The molecule has 0 fully saturated rings. The molecule has 0 aliphatic carbocycles. The van der Waals surface area contributed by atoms with Crippen molar-refractivity contribution in [3.05, 3.63) is 120 Å². The highest BCUT2D eigenvalue weighted by Gasteiger charge is 2.35. The Kier molecular flexibility index (Phi) is 17.6. The predicted octanol–water partition coefficient (Wildman–Crippen LogP) is 8.14. The Hall–Kier alpha value is -8.58. The van der Waals surface area contributed by atoms with Gasteiger partial charge in [0, 0.05) is 87.0 Å². The summed E-state index contributed by atoms with van der Waals surface area (Å²) in [5.74, 6) is 0.806. The van der Waals surface area contributed by atoms with Gasteiger partial charge in [0.05, 0.1) is 69.1 Å². The van der Waals surface area contributed by atoms with Crippen LogP contribution in [0.4, 0.5) is 17.1 Å². The van der Waals surface area contributed by atoms with Crippen LogP contribution in [-0.2, 0) is 19.2 Å². The number of methoxy groups -OCH3 is 3. The second-order valence-electron chi connectivity index (χ2n) is 20.1. The molecule has 0 saturated carbocycles. The molecule has 4 aromatic carbocycles. The van der Waals surface area contributed by atoms with Gasteiger partial charge in [-0.15, -0.1) is 0 Å². The van der Waals surface area contributed by atoms with E-state index < -0.39 is 6.04 Å². The molecular formula is C60H66N8O11. The SMILES string of the molecule is COc1ccc(C2=CN3C(=O)c4cc(OC)c(OCCCOc5cc6c(cc5OC)C(=O)N5C=C(c7ccc(NC(=O)[C@H](CCCCN(C)C)NC(=O)CCCCCN8C(=O)C=CC8=O)cc7)CC5C=N6)cc4N=C[C@@H]3C2)cc1. The van der Waals surface area contributed by atoms with Crippen LogP contribution >= 0.6 is 0 Å². The standard InChI is InChI=1S/C60H66N8O11/c1-65(2)24-10-8-12-48(64-55(69)13-7-6-9-25-66-56(70)22-23-57(66)71)58(72)63-42-18-14-38(15-19-42)40-28-43-34-61-49-32-53(51(76-4)30-46(49)59(73)67(43)36-40)78-26-11-27-79-54-33-50-47(31-52(54)77-5)60(74)68-37-41(29-44(68)35-62-50)39-16-20-45(75-3)21-17-39/h14-23,30-37,43-44,48H,6-13,24-29H2,1-5H3,(H,63,72)(H,64,69)/t43?,44-,48-/m0/s1. The van der Waals surface area contributed by atoms with Gasteiger partial charge in [0.1, 0.15) is 11.8 Å². The molecule has 5 aliphatic heterocycles. The molecule has 0 radical (unpaired) electrons. The van der Waals surface area contributed by atoms with Crippen molar-refractivity contribution in [3.8, 4) is 28.7 Å². The van der Waals surface area contributed by atoms with Crippen molar-refractivity contribution in [2.75, 3.05) is 67.0 Å². The Bertz CT molecular complexity index is 3110. The molecule has 0 saturated heterocycles. The number of anilines is 1. The number of fused-ring (bicyclic) bond motifs is 4. The summed E-state index contributed by atoms with van der Waals surface area (Å²) >= 11 is 0. The normalized spacial score (nSPS) is 17.4. The monoisotopic (exact) mass is 1070 g/mol. The molecule has 5 heterocycles. The van der Waals surface area contributed by atoms with Gasteiger partial charge in [0.25, 0.3) is 23.6 Å². The molecule has 19 nitrogen and oxygen atoms in total. The Morgan fingerprint density at radius 1 is 0.646 bits per heavy atom. The third-order valence-electron chi connectivity index (χ3n) is 14.4. The third kappa shape index (κ3) is 13.1. The summed E-state index contributed by atoms with van der Waals surface area (Å²) in [6.45, 7) is 1.68. The first kappa shape index (κ1) is 55.2. The number of nitrogens with zero attached hydrogens (tertiary/aromatic N) is 6. The van der Waals surface area contributed by atoms with E-state index in [4.69, 9.17) is 33.7 Å². The lowest BCUT2D eigenvalue weighted by Gasteiger charge is -2.19. The Morgan fingerprint density at radius 2 is 1.19 bits per heavy atom. The van der Waals surface area contributed by atoms with Crippen LogP contribution in [0.1, 0.15) is 96.1 Å². The quantitative estimate of drug-likeness (QED) is 0.0476. The molecule has 0 aromatic heterocycles. The molecule has 79 heavy (non-hydrogen) atoms. The minimum absolute atomic E-state index is 0.180. The fraction of sp³-hybridized carbons (Fsp3) is 0.367. The molecule has 2 N–H and O–H groups in total. The number of unbranched alkanes of at least 4 members (excludes halogenated alkanes) is 3. The van der Waals surface area contributed by atoms with Crippen molar-refractivity contribution in [1.29, 1.82) is 0 Å². The fourth-order valence-electron chi connectivity index (χ4n) is 10.1. The van der Waals surface area contributed by atoms with Crippen LogP contribution in [0.15, 0.2) is 107 Å². The maximum absolute atomic E-state index is 14.2. The van der Waals surface area contributed by atoms with Gasteiger partial charge in [0.2, 0.25) is 11.8 Å². The first-order chi connectivity index (χ1) is 38.3. The minimum atomic E-state index is -0.736. The first-order valence-corrected chi connectivity index (χ1v) is 26.7. The largest absolute Gasteiger partial charge is 0.497 e. The average Bonchev–Trinajstić information content (AvgIpc) is 4.36. The number of nitrogens with one attached hydrogen (secondary N) is 2. The predicted molar refractivity (Wildman–Crippen MR) is 300 cm³/mol. The smallest absolute Gasteiger partial charge is 0.260 e. The van der Waals surface area contributed by atoms with Crippen molar-refractivity contribution < 1.29 is 52.5 Å². The molecule has 4 aromatic rings. The van der Waals surface area contributed by atoms with E-state index in [9.17, 15) is 28.8 Å². The average molecular weight is 1080 g/mol. The lowest BCUT2D eigenvalue weighted by molar-refractivity contribution is -0.137. The van der Waals surface area contributed by atoms with Gasteiger partial charge in [-0.2, -0.15) is 0 Å². The maximum atomic E-state index is 14.2. The zero-order valence-corrected chi connectivity index (χ0v) is 45.2. The zero-order valence-electron chi connectivity index (χ0n) is 45.2. The molecule has 0 spiro atoms. The van der Waals surface area contributed by atoms with Crippen molar-refractivity contribution in [2.45, 2.75) is 82.3 Å². The minimum Gasteiger partial charge on any atom is -0.497 e. The van der Waals surface area contributed by atoms with E-state index in [2.05, 4.69) is 15.5 Å². The van der Waals surface area contributed by atoms with E-state index in [1.807, 2.05) is 75.0 Å². The summed E-state index contributed by atoms with van der Waals surface area (Å²) in [6, 6.07) is 20.6. The lowest BCUT2D eigenvalue weighted by Crippen LogP contribution is -2.43. The Balaban J connectivity index is 0.767. The molecule has 0 bridgehead atoms. The lowest BCUT2D eigenvalue weighted by atomic mass is 10.0. The van der Waals surface area contributed by atoms with Crippen LogP contribution in [0.3, 0.4) is 0 Å². The molecule has 5 aliphatic rings. The summed E-state index contributed by atoms with van der Waals surface area (Å²) in [5.41, 5.74) is 6.13. The van der Waals surface area contributed by atoms with Crippen LogP contribution < -0.4 is 34.3 Å². The molecule has 412 valence electrons. The number of amides is 6. The number of hydrogen-bond acceptors (Lipinski definition) is 14. The van der Waals surface area contributed by atoms with E-state index >= 15 is 0 Å². The molecule has 6 amide bonds. The highest BCUT2D eigenvalue weighted by molar-refractivity contribution is 6.13. The van der Waals surface area contributed by atoms with Gasteiger partial charge in [-0.3, -0.25) is 43.7 Å². The van der Waals surface area contributed by atoms with Gasteiger partial charge in [-0.1, -0.05) is 30.7 Å². The van der Waals surface area contributed by atoms with Crippen LogP contribution in [0, 0.1) is 0 Å². The Labute approximate surface area is 459 Å². The zero-order chi connectivity index (χ0) is 55.6. The van der Waals surface area contributed by atoms with Crippen LogP contribution in [0.2, 0.25) is 0 Å². The van der Waals surface area contributed by atoms with Crippen molar-refractivity contribution in [1.82, 2.24) is 24.9 Å². The van der Waals surface area contributed by atoms with Gasteiger partial charge in [0.15, 0.2) is 23.0 Å². The number of rotatable bonds is 25. The molecular weight excluding hydrogens is 1010 g/mol. The van der Waals surface area contributed by atoms with Crippen molar-refractivity contribution >= 4 is 76.1 Å². The molecule has 9 rings (SSSR count). The number of benzene rings is 4. The van der Waals surface area contributed by atoms with Crippen LogP contribution in [0.5, 0.6) is 28.7 Å². The van der Waals surface area contributed by atoms with E-state index in [1.165, 1.54) is 31.3 Å². The highest BCUT2D eigenvalue weighted by Crippen LogP contribution is 2.42.